The van der Waals surface area contributed by atoms with Crippen LogP contribution in [-0.4, -0.2) is 45.8 Å². The Morgan fingerprint density at radius 3 is 1.17 bits per heavy atom. The standard InChI is InChI=1S/C18H36O2.C2H6O.Mg.2H/c1-2-3-4-5-6-7-8-9-10-11-12-13-14-15-16-17-18(19)20;1-2-3;;;/h2-17H2,1H3,(H,19,20);3H,2H2,1H3;;;/q;;+2;2*-1. The van der Waals surface area contributed by atoms with Crippen LogP contribution in [0.4, 0.5) is 0 Å². The number of carbonyl (C=O) groups is 1. The van der Waals surface area contributed by atoms with Crippen LogP contribution in [-0.2, 0) is 4.79 Å². The van der Waals surface area contributed by atoms with E-state index in [1.807, 2.05) is 0 Å². The number of rotatable bonds is 16. The van der Waals surface area contributed by atoms with Crippen LogP contribution in [0.1, 0.15) is 119 Å². The van der Waals surface area contributed by atoms with Gasteiger partial charge in [-0.05, 0) is 13.3 Å². The van der Waals surface area contributed by atoms with Crippen molar-refractivity contribution < 1.29 is 17.9 Å². The van der Waals surface area contributed by atoms with Crippen LogP contribution in [0.2, 0.25) is 0 Å². The zero-order chi connectivity index (χ0) is 17.6. The van der Waals surface area contributed by atoms with Gasteiger partial charge in [-0.3, -0.25) is 4.79 Å². The van der Waals surface area contributed by atoms with Gasteiger partial charge in [0.1, 0.15) is 0 Å². The third kappa shape index (κ3) is 33.7. The van der Waals surface area contributed by atoms with Crippen molar-refractivity contribution in [3.8, 4) is 0 Å². The van der Waals surface area contributed by atoms with Gasteiger partial charge in [0.2, 0.25) is 0 Å². The normalized spacial score (nSPS) is 9.79. The molecule has 0 aromatic carbocycles. The van der Waals surface area contributed by atoms with E-state index in [1.165, 1.54) is 83.5 Å². The molecule has 0 heterocycles. The van der Waals surface area contributed by atoms with E-state index in [0.717, 1.165) is 12.8 Å². The molecular weight excluding hydrogens is 313 g/mol. The van der Waals surface area contributed by atoms with Gasteiger partial charge in [-0.1, -0.05) is 96.8 Å². The zero-order valence-corrected chi connectivity index (χ0v) is 17.9. The average molecular weight is 357 g/mol. The minimum Gasteiger partial charge on any atom is -1.00 e. The second-order valence-electron chi connectivity index (χ2n) is 6.41. The second kappa shape index (κ2) is 28.0. The summed E-state index contributed by atoms with van der Waals surface area (Å²) < 4.78 is 0. The van der Waals surface area contributed by atoms with Crippen LogP contribution in [0.25, 0.3) is 0 Å². The van der Waals surface area contributed by atoms with Crippen molar-refractivity contribution in [2.75, 3.05) is 6.61 Å². The number of aliphatic hydroxyl groups is 1. The van der Waals surface area contributed by atoms with Gasteiger partial charge in [-0.15, -0.1) is 0 Å². The van der Waals surface area contributed by atoms with Crippen LogP contribution in [0.3, 0.4) is 0 Å². The van der Waals surface area contributed by atoms with Crippen LogP contribution >= 0.6 is 0 Å². The number of carboxylic acids is 1. The number of unbranched alkanes of at least 4 members (excludes halogenated alkanes) is 14. The minimum absolute atomic E-state index is 0. The number of hydrogen-bond acceptors (Lipinski definition) is 2. The summed E-state index contributed by atoms with van der Waals surface area (Å²) in [5.41, 5.74) is 0. The van der Waals surface area contributed by atoms with Gasteiger partial charge in [-0.2, -0.15) is 0 Å². The van der Waals surface area contributed by atoms with E-state index in [9.17, 15) is 4.79 Å². The van der Waals surface area contributed by atoms with Crippen molar-refractivity contribution in [3.05, 3.63) is 0 Å². The maximum Gasteiger partial charge on any atom is 2.00 e. The molecule has 24 heavy (non-hydrogen) atoms. The van der Waals surface area contributed by atoms with E-state index in [4.69, 9.17) is 10.2 Å². The van der Waals surface area contributed by atoms with E-state index in [0.29, 0.717) is 6.42 Å². The molecule has 0 saturated heterocycles. The smallest absolute Gasteiger partial charge is 1.00 e. The predicted molar refractivity (Wildman–Crippen MR) is 108 cm³/mol. The van der Waals surface area contributed by atoms with Gasteiger partial charge in [-0.25, -0.2) is 0 Å². The molecule has 0 atom stereocenters. The molecule has 0 aromatic heterocycles. The van der Waals surface area contributed by atoms with Gasteiger partial charge in [0.25, 0.3) is 0 Å². The third-order valence-electron chi connectivity index (χ3n) is 3.99. The monoisotopic (exact) mass is 356 g/mol. The molecule has 0 fully saturated rings. The van der Waals surface area contributed by atoms with Crippen LogP contribution in [0, 0.1) is 0 Å². The quantitative estimate of drug-likeness (QED) is 0.256. The van der Waals surface area contributed by atoms with Gasteiger partial charge >= 0.3 is 29.0 Å². The molecular formula is C20H44MgO3. The molecule has 0 bridgehead atoms. The first-order valence-corrected chi connectivity index (χ1v) is 10.0. The summed E-state index contributed by atoms with van der Waals surface area (Å²) in [5, 5.41) is 16.1. The molecule has 3 nitrogen and oxygen atoms in total. The van der Waals surface area contributed by atoms with E-state index in [2.05, 4.69) is 6.92 Å². The Bertz CT molecular complexity index is 233. The van der Waals surface area contributed by atoms with Crippen molar-refractivity contribution in [2.24, 2.45) is 0 Å². The van der Waals surface area contributed by atoms with Gasteiger partial charge in [0.05, 0.1) is 0 Å². The first-order chi connectivity index (χ1) is 11.2. The Morgan fingerprint density at radius 1 is 0.667 bits per heavy atom. The fourth-order valence-corrected chi connectivity index (χ4v) is 2.65. The fraction of sp³-hybridized carbons (Fsp3) is 0.950. The summed E-state index contributed by atoms with van der Waals surface area (Å²) in [6, 6.07) is 0. The number of aliphatic hydroxyl groups excluding tert-OH is 1. The van der Waals surface area contributed by atoms with Crippen LogP contribution in [0.5, 0.6) is 0 Å². The van der Waals surface area contributed by atoms with Crippen LogP contribution in [0.15, 0.2) is 0 Å². The molecule has 0 amide bonds. The Morgan fingerprint density at radius 2 is 0.917 bits per heavy atom. The van der Waals surface area contributed by atoms with E-state index < -0.39 is 5.97 Å². The van der Waals surface area contributed by atoms with Crippen molar-refractivity contribution in [3.63, 3.8) is 0 Å². The molecule has 0 aliphatic rings. The molecule has 0 unspecified atom stereocenters. The number of aliphatic carboxylic acids is 1. The van der Waals surface area contributed by atoms with Crippen molar-refractivity contribution >= 4 is 29.0 Å². The first-order valence-electron chi connectivity index (χ1n) is 10.0. The Kier molecular flexibility index (Phi) is 33.8. The molecule has 0 aliphatic carbocycles. The SMILES string of the molecule is CCCCCCCCCCCCCCCCCC(=O)O.CCO.[H-].[H-].[Mg+2]. The zero-order valence-electron chi connectivity index (χ0n) is 18.5. The van der Waals surface area contributed by atoms with Crippen molar-refractivity contribution in [2.45, 2.75) is 117 Å². The largest absolute Gasteiger partial charge is 2.00 e. The fourth-order valence-electron chi connectivity index (χ4n) is 2.65. The van der Waals surface area contributed by atoms with E-state index >= 15 is 0 Å². The predicted octanol–water partition coefficient (Wildman–Crippen LogP) is 6.18. The molecule has 0 rings (SSSR count). The molecule has 4 heteroatoms. The van der Waals surface area contributed by atoms with E-state index in [-0.39, 0.29) is 32.5 Å². The summed E-state index contributed by atoms with van der Waals surface area (Å²) in [5.74, 6) is -0.653. The molecule has 0 spiro atoms. The molecule has 0 saturated carbocycles. The first kappa shape index (κ1) is 29.0. The third-order valence-corrected chi connectivity index (χ3v) is 3.99. The second-order valence-corrected chi connectivity index (χ2v) is 6.41. The maximum absolute atomic E-state index is 10.3. The summed E-state index contributed by atoms with van der Waals surface area (Å²) >= 11 is 0. The Labute approximate surface area is 170 Å². The van der Waals surface area contributed by atoms with Crippen LogP contribution < -0.4 is 0 Å². The topological polar surface area (TPSA) is 57.5 Å². The van der Waals surface area contributed by atoms with Crippen molar-refractivity contribution in [1.82, 2.24) is 0 Å². The summed E-state index contributed by atoms with van der Waals surface area (Å²) in [4.78, 5) is 10.3. The van der Waals surface area contributed by atoms with Gasteiger partial charge < -0.3 is 13.1 Å². The Balaban J connectivity index is -0.000000228. The van der Waals surface area contributed by atoms with Gasteiger partial charge in [0.15, 0.2) is 0 Å². The molecule has 0 radical (unpaired) electrons. The van der Waals surface area contributed by atoms with Crippen molar-refractivity contribution in [1.29, 1.82) is 0 Å². The summed E-state index contributed by atoms with van der Waals surface area (Å²) in [6.45, 7) is 4.20. The molecule has 0 aromatic rings. The molecule has 2 N–H and O–H groups in total. The number of hydrogen-bond donors (Lipinski definition) is 2. The maximum atomic E-state index is 10.3. The van der Waals surface area contributed by atoms with Gasteiger partial charge in [0, 0.05) is 13.0 Å². The summed E-state index contributed by atoms with van der Waals surface area (Å²) in [6.07, 6.45) is 20.2. The minimum atomic E-state index is -0.653. The van der Waals surface area contributed by atoms with E-state index in [1.54, 1.807) is 6.92 Å². The summed E-state index contributed by atoms with van der Waals surface area (Å²) in [7, 11) is 0. The Hall–Kier alpha value is 0.196. The molecule has 0 aliphatic heterocycles. The average Bonchev–Trinajstić information content (AvgIpc) is 2.51. The molecule has 144 valence electrons. The number of carboxylic acid groups (broad SMARTS) is 1.